The van der Waals surface area contributed by atoms with Gasteiger partial charge in [-0.05, 0) is 31.5 Å². The Morgan fingerprint density at radius 2 is 2.33 bits per heavy atom. The van der Waals surface area contributed by atoms with Crippen molar-refractivity contribution < 1.29 is 4.79 Å². The van der Waals surface area contributed by atoms with Crippen LogP contribution in [0.25, 0.3) is 5.69 Å². The number of nitrogens with zero attached hydrogens (tertiary/aromatic N) is 3. The van der Waals surface area contributed by atoms with Gasteiger partial charge >= 0.3 is 0 Å². The molecule has 0 saturated heterocycles. The van der Waals surface area contributed by atoms with E-state index < -0.39 is 0 Å². The number of carbonyl (C=O) groups excluding carboxylic acids is 1. The van der Waals surface area contributed by atoms with Gasteiger partial charge < -0.3 is 5.32 Å². The normalized spacial score (nSPS) is 12.1. The zero-order valence-electron chi connectivity index (χ0n) is 11.9. The van der Waals surface area contributed by atoms with Gasteiger partial charge in [-0.2, -0.15) is 0 Å². The standard InChI is InChI=1S/C14H17ClN4OS/c1-3-10(2)17-13(20)8-21-14-18-16-9-19(14)12-6-4-5-11(15)7-12/h4-7,9-10H,3,8H2,1-2H3,(H,17,20). The molecule has 5 nitrogen and oxygen atoms in total. The summed E-state index contributed by atoms with van der Waals surface area (Å²) in [5.74, 6) is 0.304. The van der Waals surface area contributed by atoms with E-state index in [0.29, 0.717) is 15.9 Å². The van der Waals surface area contributed by atoms with Crippen molar-refractivity contribution >= 4 is 29.3 Å². The van der Waals surface area contributed by atoms with Gasteiger partial charge in [0.05, 0.1) is 11.4 Å². The van der Waals surface area contributed by atoms with Gasteiger partial charge in [0, 0.05) is 11.1 Å². The minimum atomic E-state index is -0.00464. The maximum absolute atomic E-state index is 11.8. The molecule has 1 unspecified atom stereocenters. The number of hydrogen-bond donors (Lipinski definition) is 1. The lowest BCUT2D eigenvalue weighted by atomic mass is 10.3. The molecule has 1 amide bonds. The Morgan fingerprint density at radius 1 is 1.52 bits per heavy atom. The lowest BCUT2D eigenvalue weighted by Crippen LogP contribution is -2.33. The molecule has 7 heteroatoms. The second kappa shape index (κ2) is 7.47. The van der Waals surface area contributed by atoms with E-state index in [1.54, 1.807) is 6.33 Å². The van der Waals surface area contributed by atoms with E-state index in [9.17, 15) is 4.79 Å². The number of benzene rings is 1. The van der Waals surface area contributed by atoms with Crippen LogP contribution in [-0.4, -0.2) is 32.5 Å². The van der Waals surface area contributed by atoms with Crippen molar-refractivity contribution in [3.05, 3.63) is 35.6 Å². The maximum Gasteiger partial charge on any atom is 0.230 e. The largest absolute Gasteiger partial charge is 0.353 e. The van der Waals surface area contributed by atoms with Crippen molar-refractivity contribution in [1.29, 1.82) is 0 Å². The summed E-state index contributed by atoms with van der Waals surface area (Å²) < 4.78 is 1.81. The molecule has 0 aliphatic rings. The number of hydrogen-bond acceptors (Lipinski definition) is 4. The zero-order valence-corrected chi connectivity index (χ0v) is 13.5. The predicted molar refractivity (Wildman–Crippen MR) is 85.0 cm³/mol. The van der Waals surface area contributed by atoms with Gasteiger partial charge in [0.25, 0.3) is 0 Å². The molecule has 1 atom stereocenters. The van der Waals surface area contributed by atoms with Crippen molar-refractivity contribution in [2.75, 3.05) is 5.75 Å². The molecule has 0 aliphatic heterocycles. The number of thioether (sulfide) groups is 1. The van der Waals surface area contributed by atoms with Gasteiger partial charge in [0.15, 0.2) is 5.16 Å². The summed E-state index contributed by atoms with van der Waals surface area (Å²) in [6, 6.07) is 7.60. The predicted octanol–water partition coefficient (Wildman–Crippen LogP) is 2.93. The lowest BCUT2D eigenvalue weighted by Gasteiger charge is -2.11. The van der Waals surface area contributed by atoms with E-state index in [4.69, 9.17) is 11.6 Å². The molecule has 0 radical (unpaired) electrons. The van der Waals surface area contributed by atoms with Crippen LogP contribution in [0.2, 0.25) is 5.02 Å². The third-order valence-electron chi connectivity index (χ3n) is 2.95. The Labute approximate surface area is 133 Å². The molecule has 1 aromatic carbocycles. The van der Waals surface area contributed by atoms with Crippen molar-refractivity contribution in [3.8, 4) is 5.69 Å². The number of aromatic nitrogens is 3. The maximum atomic E-state index is 11.8. The molecule has 112 valence electrons. The monoisotopic (exact) mass is 324 g/mol. The molecular weight excluding hydrogens is 308 g/mol. The number of rotatable bonds is 6. The Bertz CT molecular complexity index is 617. The number of carbonyl (C=O) groups is 1. The molecule has 0 aliphatic carbocycles. The van der Waals surface area contributed by atoms with Crippen LogP contribution in [0.5, 0.6) is 0 Å². The fourth-order valence-corrected chi connectivity index (χ4v) is 2.60. The van der Waals surface area contributed by atoms with Crippen LogP contribution in [0.3, 0.4) is 0 Å². The van der Waals surface area contributed by atoms with E-state index in [0.717, 1.165) is 12.1 Å². The number of nitrogens with one attached hydrogen (secondary N) is 1. The first kappa shape index (κ1) is 15.9. The number of halogens is 1. The highest BCUT2D eigenvalue weighted by Gasteiger charge is 2.11. The van der Waals surface area contributed by atoms with E-state index in [2.05, 4.69) is 15.5 Å². The van der Waals surface area contributed by atoms with Crippen LogP contribution < -0.4 is 5.32 Å². The van der Waals surface area contributed by atoms with Crippen LogP contribution in [0.15, 0.2) is 35.7 Å². The first-order chi connectivity index (χ1) is 10.1. The molecular formula is C14H17ClN4OS. The van der Waals surface area contributed by atoms with E-state index in [1.165, 1.54) is 11.8 Å². The minimum absolute atomic E-state index is 0.00464. The topological polar surface area (TPSA) is 59.8 Å². The van der Waals surface area contributed by atoms with E-state index >= 15 is 0 Å². The van der Waals surface area contributed by atoms with Gasteiger partial charge in [0.2, 0.25) is 5.91 Å². The van der Waals surface area contributed by atoms with Crippen molar-refractivity contribution in [1.82, 2.24) is 20.1 Å². The van der Waals surface area contributed by atoms with Gasteiger partial charge in [-0.15, -0.1) is 10.2 Å². The molecule has 1 heterocycles. The summed E-state index contributed by atoms with van der Waals surface area (Å²) in [7, 11) is 0. The molecule has 0 bridgehead atoms. The molecule has 0 fully saturated rings. The van der Waals surface area contributed by atoms with Crippen molar-refractivity contribution in [3.63, 3.8) is 0 Å². The molecule has 1 N–H and O–H groups in total. The molecule has 0 spiro atoms. The Kier molecular flexibility index (Phi) is 5.64. The highest BCUT2D eigenvalue weighted by molar-refractivity contribution is 7.99. The number of amides is 1. The second-order valence-corrected chi connectivity index (χ2v) is 6.01. The highest BCUT2D eigenvalue weighted by Crippen LogP contribution is 2.21. The van der Waals surface area contributed by atoms with Gasteiger partial charge in [-0.25, -0.2) is 0 Å². The summed E-state index contributed by atoms with van der Waals surface area (Å²) in [5.41, 5.74) is 0.873. The SMILES string of the molecule is CCC(C)NC(=O)CSc1nncn1-c1cccc(Cl)c1. The third kappa shape index (κ3) is 4.47. The Morgan fingerprint density at radius 3 is 3.05 bits per heavy atom. The van der Waals surface area contributed by atoms with Crippen molar-refractivity contribution in [2.45, 2.75) is 31.5 Å². The first-order valence-electron chi connectivity index (χ1n) is 6.68. The highest BCUT2D eigenvalue weighted by atomic mass is 35.5. The van der Waals surface area contributed by atoms with E-state index in [1.807, 2.05) is 42.7 Å². The summed E-state index contributed by atoms with van der Waals surface area (Å²) in [6.45, 7) is 4.02. The molecule has 2 rings (SSSR count). The summed E-state index contributed by atoms with van der Waals surface area (Å²) >= 11 is 7.34. The van der Waals surface area contributed by atoms with Crippen LogP contribution in [-0.2, 0) is 4.79 Å². The smallest absolute Gasteiger partial charge is 0.230 e. The first-order valence-corrected chi connectivity index (χ1v) is 8.04. The van der Waals surface area contributed by atoms with Crippen molar-refractivity contribution in [2.24, 2.45) is 0 Å². The van der Waals surface area contributed by atoms with Crippen LogP contribution in [0.4, 0.5) is 0 Å². The average molecular weight is 325 g/mol. The quantitative estimate of drug-likeness (QED) is 0.830. The lowest BCUT2D eigenvalue weighted by molar-refractivity contribution is -0.119. The summed E-state index contributed by atoms with van der Waals surface area (Å²) in [5, 5.41) is 12.2. The zero-order chi connectivity index (χ0) is 15.2. The molecule has 21 heavy (non-hydrogen) atoms. The minimum Gasteiger partial charge on any atom is -0.353 e. The van der Waals surface area contributed by atoms with Gasteiger partial charge in [-0.1, -0.05) is 36.4 Å². The summed E-state index contributed by atoms with van der Waals surface area (Å²) in [6.07, 6.45) is 2.52. The van der Waals surface area contributed by atoms with Crippen LogP contribution >= 0.6 is 23.4 Å². The third-order valence-corrected chi connectivity index (χ3v) is 4.13. The fourth-order valence-electron chi connectivity index (χ4n) is 1.67. The molecule has 1 aromatic heterocycles. The Balaban J connectivity index is 2.03. The fraction of sp³-hybridized carbons (Fsp3) is 0.357. The Hall–Kier alpha value is -1.53. The van der Waals surface area contributed by atoms with Gasteiger partial charge in [0.1, 0.15) is 6.33 Å². The van der Waals surface area contributed by atoms with E-state index in [-0.39, 0.29) is 11.9 Å². The average Bonchev–Trinajstić information content (AvgIpc) is 2.93. The molecule has 0 saturated carbocycles. The second-order valence-electron chi connectivity index (χ2n) is 4.63. The summed E-state index contributed by atoms with van der Waals surface area (Å²) in [4.78, 5) is 11.8. The van der Waals surface area contributed by atoms with Crippen LogP contribution in [0, 0.1) is 0 Å². The van der Waals surface area contributed by atoms with Gasteiger partial charge in [-0.3, -0.25) is 9.36 Å². The molecule has 2 aromatic rings. The van der Waals surface area contributed by atoms with Crippen LogP contribution in [0.1, 0.15) is 20.3 Å².